The van der Waals surface area contributed by atoms with Crippen molar-refractivity contribution < 1.29 is 13.5 Å². The van der Waals surface area contributed by atoms with Crippen LogP contribution in [0.25, 0.3) is 0 Å². The van der Waals surface area contributed by atoms with E-state index in [2.05, 4.69) is 5.32 Å². The zero-order valence-corrected chi connectivity index (χ0v) is 9.48. The second-order valence-corrected chi connectivity index (χ2v) is 5.46. The van der Waals surface area contributed by atoms with Crippen LogP contribution >= 0.6 is 0 Å². The molecular weight excluding hydrogens is 212 g/mol. The number of piperidine rings is 1. The summed E-state index contributed by atoms with van der Waals surface area (Å²) in [6.45, 7) is 2.86. The normalized spacial score (nSPS) is 37.5. The minimum Gasteiger partial charge on any atom is -0.381 e. The van der Waals surface area contributed by atoms with E-state index >= 15 is 0 Å². The highest BCUT2D eigenvalue weighted by Gasteiger charge is 2.80. The zero-order valence-electron chi connectivity index (χ0n) is 9.48. The maximum atomic E-state index is 14.1. The summed E-state index contributed by atoms with van der Waals surface area (Å²) in [4.78, 5) is 0. The first kappa shape index (κ1) is 10.9. The number of halogens is 2. The van der Waals surface area contributed by atoms with Crippen LogP contribution in [-0.4, -0.2) is 32.2 Å². The highest BCUT2D eigenvalue weighted by molar-refractivity contribution is 5.20. The van der Waals surface area contributed by atoms with Crippen molar-refractivity contribution in [2.24, 2.45) is 17.3 Å². The summed E-state index contributed by atoms with van der Waals surface area (Å²) < 4.78 is 33.4. The lowest BCUT2D eigenvalue weighted by Gasteiger charge is -2.26. The van der Waals surface area contributed by atoms with Gasteiger partial charge in [0.1, 0.15) is 0 Å². The molecule has 3 aliphatic rings. The molecule has 1 saturated carbocycles. The molecule has 1 atom stereocenters. The van der Waals surface area contributed by atoms with Crippen LogP contribution < -0.4 is 5.32 Å². The lowest BCUT2D eigenvalue weighted by molar-refractivity contribution is 0.0239. The van der Waals surface area contributed by atoms with Crippen molar-refractivity contribution in [2.75, 3.05) is 26.3 Å². The summed E-state index contributed by atoms with van der Waals surface area (Å²) in [5, 5.41) is 3.18. The Morgan fingerprint density at radius 1 is 1.06 bits per heavy atom. The summed E-state index contributed by atoms with van der Waals surface area (Å²) >= 11 is 0. The van der Waals surface area contributed by atoms with Crippen molar-refractivity contribution in [3.05, 3.63) is 0 Å². The minimum atomic E-state index is -2.41. The molecule has 2 nitrogen and oxygen atoms in total. The van der Waals surface area contributed by atoms with Crippen molar-refractivity contribution in [1.29, 1.82) is 0 Å². The Hall–Kier alpha value is -0.220. The Labute approximate surface area is 94.7 Å². The largest absolute Gasteiger partial charge is 0.381 e. The SMILES string of the molecule is FC1(F)[C@@H](C2CCOCC2)C12CCNCC2. The fourth-order valence-electron chi connectivity index (χ4n) is 3.85. The van der Waals surface area contributed by atoms with Crippen LogP contribution in [0.1, 0.15) is 25.7 Å². The van der Waals surface area contributed by atoms with E-state index in [1.807, 2.05) is 0 Å². The van der Waals surface area contributed by atoms with Crippen molar-refractivity contribution >= 4 is 0 Å². The van der Waals surface area contributed by atoms with Gasteiger partial charge in [-0.3, -0.25) is 0 Å². The molecule has 1 aliphatic carbocycles. The first-order chi connectivity index (χ1) is 7.68. The topological polar surface area (TPSA) is 21.3 Å². The number of alkyl halides is 2. The molecule has 3 rings (SSSR count). The van der Waals surface area contributed by atoms with Crippen molar-refractivity contribution in [3.63, 3.8) is 0 Å². The third kappa shape index (κ3) is 1.35. The van der Waals surface area contributed by atoms with Gasteiger partial charge in [-0.1, -0.05) is 0 Å². The van der Waals surface area contributed by atoms with Crippen LogP contribution in [0.2, 0.25) is 0 Å². The van der Waals surface area contributed by atoms with Crippen LogP contribution in [-0.2, 0) is 4.74 Å². The second kappa shape index (κ2) is 3.64. The van der Waals surface area contributed by atoms with Gasteiger partial charge in [0.25, 0.3) is 5.92 Å². The van der Waals surface area contributed by atoms with Gasteiger partial charge in [-0.2, -0.15) is 0 Å². The van der Waals surface area contributed by atoms with Gasteiger partial charge in [0, 0.05) is 24.5 Å². The first-order valence-corrected chi connectivity index (χ1v) is 6.35. The molecule has 0 amide bonds. The molecule has 0 unspecified atom stereocenters. The van der Waals surface area contributed by atoms with E-state index < -0.39 is 11.3 Å². The van der Waals surface area contributed by atoms with Gasteiger partial charge in [0.15, 0.2) is 0 Å². The number of ether oxygens (including phenoxy) is 1. The van der Waals surface area contributed by atoms with E-state index in [-0.39, 0.29) is 11.8 Å². The van der Waals surface area contributed by atoms with Crippen molar-refractivity contribution in [1.82, 2.24) is 5.32 Å². The Kier molecular flexibility index (Phi) is 2.48. The molecule has 4 heteroatoms. The summed E-state index contributed by atoms with van der Waals surface area (Å²) in [6, 6.07) is 0. The zero-order chi connectivity index (χ0) is 11.2. The quantitative estimate of drug-likeness (QED) is 0.745. The van der Waals surface area contributed by atoms with Gasteiger partial charge in [-0.15, -0.1) is 0 Å². The highest BCUT2D eigenvalue weighted by atomic mass is 19.3. The van der Waals surface area contributed by atoms with Crippen molar-refractivity contribution in [2.45, 2.75) is 31.6 Å². The summed E-state index contributed by atoms with van der Waals surface area (Å²) in [6.07, 6.45) is 2.97. The Balaban J connectivity index is 1.75. The number of hydrogen-bond acceptors (Lipinski definition) is 2. The Bertz CT molecular complexity index is 270. The average Bonchev–Trinajstić information content (AvgIpc) is 2.76. The van der Waals surface area contributed by atoms with Crippen LogP contribution in [0.15, 0.2) is 0 Å². The third-order valence-electron chi connectivity index (χ3n) is 4.80. The average molecular weight is 231 g/mol. The first-order valence-electron chi connectivity index (χ1n) is 6.35. The van der Waals surface area contributed by atoms with Crippen LogP contribution in [0.3, 0.4) is 0 Å². The molecule has 0 bridgehead atoms. The van der Waals surface area contributed by atoms with E-state index in [1.54, 1.807) is 0 Å². The lowest BCUT2D eigenvalue weighted by atomic mass is 9.84. The van der Waals surface area contributed by atoms with E-state index in [9.17, 15) is 8.78 Å². The van der Waals surface area contributed by atoms with Crippen molar-refractivity contribution in [3.8, 4) is 0 Å². The molecule has 0 aromatic rings. The molecule has 3 fully saturated rings. The van der Waals surface area contributed by atoms with Gasteiger partial charge in [-0.25, -0.2) is 8.78 Å². The molecule has 1 spiro atoms. The van der Waals surface area contributed by atoms with Gasteiger partial charge >= 0.3 is 0 Å². The number of rotatable bonds is 1. The number of nitrogens with one attached hydrogen (secondary N) is 1. The second-order valence-electron chi connectivity index (χ2n) is 5.46. The molecular formula is C12H19F2NO. The monoisotopic (exact) mass is 231 g/mol. The fraction of sp³-hybridized carbons (Fsp3) is 1.00. The fourth-order valence-corrected chi connectivity index (χ4v) is 3.85. The molecule has 0 radical (unpaired) electrons. The molecule has 2 aliphatic heterocycles. The molecule has 0 aromatic heterocycles. The van der Waals surface area contributed by atoms with E-state index in [0.29, 0.717) is 26.1 Å². The number of hydrogen-bond donors (Lipinski definition) is 1. The van der Waals surface area contributed by atoms with Crippen LogP contribution in [0.5, 0.6) is 0 Å². The summed E-state index contributed by atoms with van der Waals surface area (Å²) in [5.74, 6) is -2.57. The lowest BCUT2D eigenvalue weighted by Crippen LogP contribution is -2.32. The molecule has 2 saturated heterocycles. The van der Waals surface area contributed by atoms with Crippen LogP contribution in [0.4, 0.5) is 8.78 Å². The summed E-state index contributed by atoms with van der Waals surface area (Å²) in [5.41, 5.74) is -0.653. The standard InChI is InChI=1S/C12H19F2NO/c13-12(14)10(9-1-7-16-8-2-9)11(12)3-5-15-6-4-11/h9-10,15H,1-8H2/t10-/m0/s1. The molecule has 0 aromatic carbocycles. The smallest absolute Gasteiger partial charge is 0.258 e. The van der Waals surface area contributed by atoms with E-state index in [1.165, 1.54) is 0 Å². The van der Waals surface area contributed by atoms with Crippen LogP contribution in [0, 0.1) is 17.3 Å². The molecule has 92 valence electrons. The minimum absolute atomic E-state index is 0.196. The Morgan fingerprint density at radius 2 is 1.69 bits per heavy atom. The maximum absolute atomic E-state index is 14.1. The Morgan fingerprint density at radius 3 is 2.31 bits per heavy atom. The maximum Gasteiger partial charge on any atom is 0.258 e. The molecule has 2 heterocycles. The summed E-state index contributed by atoms with van der Waals surface area (Å²) in [7, 11) is 0. The highest BCUT2D eigenvalue weighted by Crippen LogP contribution is 2.73. The van der Waals surface area contributed by atoms with Gasteiger partial charge in [0.2, 0.25) is 0 Å². The third-order valence-corrected chi connectivity index (χ3v) is 4.80. The predicted octanol–water partition coefficient (Wildman–Crippen LogP) is 2.05. The van der Waals surface area contributed by atoms with Gasteiger partial charge < -0.3 is 10.1 Å². The molecule has 16 heavy (non-hydrogen) atoms. The van der Waals surface area contributed by atoms with Gasteiger partial charge in [0.05, 0.1) is 0 Å². The van der Waals surface area contributed by atoms with E-state index in [4.69, 9.17) is 4.74 Å². The predicted molar refractivity (Wildman–Crippen MR) is 56.5 cm³/mol. The molecule has 1 N–H and O–H groups in total. The van der Waals surface area contributed by atoms with Gasteiger partial charge in [-0.05, 0) is 44.7 Å². The van der Waals surface area contributed by atoms with E-state index in [0.717, 1.165) is 25.9 Å².